The van der Waals surface area contributed by atoms with E-state index in [2.05, 4.69) is 31.2 Å². The molecule has 2 heterocycles. The van der Waals surface area contributed by atoms with Gasteiger partial charge >= 0.3 is 6.03 Å². The summed E-state index contributed by atoms with van der Waals surface area (Å²) in [5.74, 6) is 1.31. The smallest absolute Gasteiger partial charge is 0.319 e. The summed E-state index contributed by atoms with van der Waals surface area (Å²) in [7, 11) is 0. The molecule has 146 valence electrons. The van der Waals surface area contributed by atoms with Crippen molar-refractivity contribution in [2.24, 2.45) is 0 Å². The molecule has 0 aliphatic rings. The van der Waals surface area contributed by atoms with E-state index >= 15 is 0 Å². The normalized spacial score (nSPS) is 10.6. The van der Waals surface area contributed by atoms with Crippen LogP contribution >= 0.6 is 0 Å². The van der Waals surface area contributed by atoms with Crippen molar-refractivity contribution in [3.05, 3.63) is 58.9 Å². The number of benzene rings is 1. The number of carbonyl (C=O) groups is 1. The second kappa shape index (κ2) is 8.51. The third-order valence-electron chi connectivity index (χ3n) is 4.22. The van der Waals surface area contributed by atoms with Crippen molar-refractivity contribution in [2.45, 2.75) is 27.7 Å². The van der Waals surface area contributed by atoms with Crippen molar-refractivity contribution < 1.29 is 4.79 Å². The number of hydrogen-bond donors (Lipinski definition) is 3. The van der Waals surface area contributed by atoms with Gasteiger partial charge in [-0.1, -0.05) is 17.7 Å². The molecular weight excluding hydrogens is 354 g/mol. The molecule has 8 heteroatoms. The zero-order valence-corrected chi connectivity index (χ0v) is 16.6. The number of aryl methyl sites for hydroxylation is 4. The van der Waals surface area contributed by atoms with Crippen LogP contribution in [0, 0.1) is 27.7 Å². The van der Waals surface area contributed by atoms with Crippen LogP contribution in [0.1, 0.15) is 22.5 Å². The maximum Gasteiger partial charge on any atom is 0.319 e. The van der Waals surface area contributed by atoms with Crippen LogP contribution in [0.5, 0.6) is 0 Å². The standard InChI is InChI=1S/C20H25N7O/c1-13-5-6-17(14(2)11-13)23-20(28)22-10-9-21-18-7-8-19(25-24-18)27-16(4)12-15(3)26-27/h5-8,11-12H,9-10H2,1-4H3,(H,21,24)(H2,22,23,28). The summed E-state index contributed by atoms with van der Waals surface area (Å²) in [5.41, 5.74) is 4.95. The number of aromatic nitrogens is 4. The van der Waals surface area contributed by atoms with Gasteiger partial charge in [0, 0.05) is 24.5 Å². The molecule has 3 N–H and O–H groups in total. The van der Waals surface area contributed by atoms with Gasteiger partial charge in [-0.05, 0) is 57.5 Å². The molecule has 0 fully saturated rings. The summed E-state index contributed by atoms with van der Waals surface area (Å²) >= 11 is 0. The fourth-order valence-electron chi connectivity index (χ4n) is 2.88. The third kappa shape index (κ3) is 4.85. The molecule has 2 aromatic heterocycles. The first kappa shape index (κ1) is 19.3. The van der Waals surface area contributed by atoms with E-state index < -0.39 is 0 Å². The van der Waals surface area contributed by atoms with Crippen molar-refractivity contribution >= 4 is 17.5 Å². The molecule has 0 spiro atoms. The lowest BCUT2D eigenvalue weighted by Crippen LogP contribution is -2.33. The molecule has 0 aliphatic carbocycles. The Balaban J connectivity index is 1.45. The minimum absolute atomic E-state index is 0.236. The summed E-state index contributed by atoms with van der Waals surface area (Å²) in [6, 6.07) is 11.4. The van der Waals surface area contributed by atoms with Crippen molar-refractivity contribution in [3.8, 4) is 5.82 Å². The first-order valence-corrected chi connectivity index (χ1v) is 9.16. The summed E-state index contributed by atoms with van der Waals surface area (Å²) < 4.78 is 1.76. The van der Waals surface area contributed by atoms with Gasteiger partial charge < -0.3 is 16.0 Å². The van der Waals surface area contributed by atoms with E-state index in [9.17, 15) is 4.79 Å². The molecule has 0 aliphatic heterocycles. The minimum atomic E-state index is -0.236. The Morgan fingerprint density at radius 1 is 1.00 bits per heavy atom. The van der Waals surface area contributed by atoms with Crippen LogP contribution in [0.15, 0.2) is 36.4 Å². The van der Waals surface area contributed by atoms with Gasteiger partial charge in [0.15, 0.2) is 5.82 Å². The van der Waals surface area contributed by atoms with Crippen molar-refractivity contribution in [1.29, 1.82) is 0 Å². The Morgan fingerprint density at radius 3 is 2.46 bits per heavy atom. The Bertz CT molecular complexity index is 963. The Hall–Kier alpha value is -3.42. The molecule has 1 aromatic carbocycles. The van der Waals surface area contributed by atoms with Crippen molar-refractivity contribution in [3.63, 3.8) is 0 Å². The molecule has 0 saturated heterocycles. The highest BCUT2D eigenvalue weighted by molar-refractivity contribution is 5.90. The molecule has 0 radical (unpaired) electrons. The number of carbonyl (C=O) groups excluding carboxylic acids is 1. The van der Waals surface area contributed by atoms with Gasteiger partial charge in [0.2, 0.25) is 0 Å². The molecule has 0 unspecified atom stereocenters. The summed E-state index contributed by atoms with van der Waals surface area (Å²) in [6.45, 7) is 8.90. The fourth-order valence-corrected chi connectivity index (χ4v) is 2.88. The minimum Gasteiger partial charge on any atom is -0.367 e. The highest BCUT2D eigenvalue weighted by atomic mass is 16.2. The van der Waals surface area contributed by atoms with Crippen LogP contribution in [0.2, 0.25) is 0 Å². The lowest BCUT2D eigenvalue weighted by Gasteiger charge is -2.11. The van der Waals surface area contributed by atoms with Gasteiger partial charge in [-0.15, -0.1) is 10.2 Å². The molecule has 0 saturated carbocycles. The predicted molar refractivity (Wildman–Crippen MR) is 110 cm³/mol. The maximum absolute atomic E-state index is 12.0. The maximum atomic E-state index is 12.0. The lowest BCUT2D eigenvalue weighted by molar-refractivity contribution is 0.252. The average molecular weight is 379 g/mol. The highest BCUT2D eigenvalue weighted by Gasteiger charge is 2.06. The highest BCUT2D eigenvalue weighted by Crippen LogP contribution is 2.15. The van der Waals surface area contributed by atoms with E-state index in [1.54, 1.807) is 4.68 Å². The van der Waals surface area contributed by atoms with Gasteiger partial charge in [-0.3, -0.25) is 0 Å². The number of nitrogens with one attached hydrogen (secondary N) is 3. The number of anilines is 2. The number of hydrogen-bond acceptors (Lipinski definition) is 5. The van der Waals surface area contributed by atoms with Crippen LogP contribution in [0.4, 0.5) is 16.3 Å². The second-order valence-electron chi connectivity index (χ2n) is 6.74. The summed E-state index contributed by atoms with van der Waals surface area (Å²) in [5, 5.41) is 21.6. The molecule has 3 aromatic rings. The summed E-state index contributed by atoms with van der Waals surface area (Å²) in [4.78, 5) is 12.0. The van der Waals surface area contributed by atoms with E-state index in [0.717, 1.165) is 28.2 Å². The average Bonchev–Trinajstić information content (AvgIpc) is 3.00. The number of nitrogens with zero attached hydrogens (tertiary/aromatic N) is 4. The molecule has 2 amide bonds. The SMILES string of the molecule is Cc1ccc(NC(=O)NCCNc2ccc(-n3nc(C)cc3C)nn2)c(C)c1. The molecule has 0 atom stereocenters. The van der Waals surface area contributed by atoms with Gasteiger partial charge in [-0.2, -0.15) is 5.10 Å². The predicted octanol–water partition coefficient (Wildman–Crippen LogP) is 3.13. The zero-order valence-electron chi connectivity index (χ0n) is 16.6. The quantitative estimate of drug-likeness (QED) is 0.572. The monoisotopic (exact) mass is 379 g/mol. The van der Waals surface area contributed by atoms with Crippen molar-refractivity contribution in [2.75, 3.05) is 23.7 Å². The molecular formula is C20H25N7O. The van der Waals surface area contributed by atoms with Crippen LogP contribution in [-0.4, -0.2) is 39.1 Å². The third-order valence-corrected chi connectivity index (χ3v) is 4.22. The number of urea groups is 1. The van der Waals surface area contributed by atoms with Crippen LogP contribution in [-0.2, 0) is 0 Å². The molecule has 0 bridgehead atoms. The van der Waals surface area contributed by atoms with Crippen LogP contribution in [0.3, 0.4) is 0 Å². The van der Waals surface area contributed by atoms with Gasteiger partial charge in [0.25, 0.3) is 0 Å². The molecule has 28 heavy (non-hydrogen) atoms. The lowest BCUT2D eigenvalue weighted by atomic mass is 10.1. The molecule has 3 rings (SSSR count). The first-order chi connectivity index (χ1) is 13.4. The van der Waals surface area contributed by atoms with E-state index in [0.29, 0.717) is 24.7 Å². The Morgan fingerprint density at radius 2 is 1.82 bits per heavy atom. The zero-order chi connectivity index (χ0) is 20.1. The first-order valence-electron chi connectivity index (χ1n) is 9.16. The van der Waals surface area contributed by atoms with Gasteiger partial charge in [0.1, 0.15) is 5.82 Å². The van der Waals surface area contributed by atoms with Gasteiger partial charge in [-0.25, -0.2) is 9.48 Å². The van der Waals surface area contributed by atoms with Crippen LogP contribution in [0.25, 0.3) is 5.82 Å². The summed E-state index contributed by atoms with van der Waals surface area (Å²) in [6.07, 6.45) is 0. The van der Waals surface area contributed by atoms with Crippen molar-refractivity contribution in [1.82, 2.24) is 25.3 Å². The topological polar surface area (TPSA) is 96.8 Å². The second-order valence-corrected chi connectivity index (χ2v) is 6.74. The largest absolute Gasteiger partial charge is 0.367 e. The van der Waals surface area contributed by atoms with Crippen LogP contribution < -0.4 is 16.0 Å². The van der Waals surface area contributed by atoms with E-state index in [-0.39, 0.29) is 6.03 Å². The van der Waals surface area contributed by atoms with E-state index in [1.165, 1.54) is 0 Å². The Kier molecular flexibility index (Phi) is 5.88. The molecule has 8 nitrogen and oxygen atoms in total. The number of rotatable bonds is 6. The Labute approximate surface area is 164 Å². The number of amides is 2. The fraction of sp³-hybridized carbons (Fsp3) is 0.300. The van der Waals surface area contributed by atoms with E-state index in [1.807, 2.05) is 64.1 Å². The van der Waals surface area contributed by atoms with E-state index in [4.69, 9.17) is 0 Å². The van der Waals surface area contributed by atoms with Gasteiger partial charge in [0.05, 0.1) is 5.69 Å².